The van der Waals surface area contributed by atoms with Crippen molar-refractivity contribution in [3.63, 3.8) is 0 Å². The monoisotopic (exact) mass is 638 g/mol. The topological polar surface area (TPSA) is 86.7 Å². The lowest BCUT2D eigenvalue weighted by Gasteiger charge is -2.32. The number of ether oxygens (including phenoxy) is 4. The molecule has 0 spiro atoms. The van der Waals surface area contributed by atoms with Crippen LogP contribution in [-0.2, 0) is 28.9 Å². The number of hydrogen-bond donors (Lipinski definition) is 0. The van der Waals surface area contributed by atoms with Crippen LogP contribution < -0.4 is 19.1 Å². The lowest BCUT2D eigenvalue weighted by atomic mass is 9.80. The zero-order valence-corrected chi connectivity index (χ0v) is 26.9. The number of carbonyl (C=O) groups is 2. The molecule has 8 nitrogen and oxygen atoms in total. The van der Waals surface area contributed by atoms with Gasteiger partial charge in [0.2, 0.25) is 0 Å². The van der Waals surface area contributed by atoms with Crippen molar-refractivity contribution >= 4 is 23.3 Å². The van der Waals surface area contributed by atoms with Gasteiger partial charge in [-0.05, 0) is 82.5 Å². The van der Waals surface area contributed by atoms with Crippen molar-refractivity contribution in [1.29, 1.82) is 0 Å². The highest BCUT2D eigenvalue weighted by Gasteiger charge is 2.45. The summed E-state index contributed by atoms with van der Waals surface area (Å²) in [6.07, 6.45) is -4.09. The van der Waals surface area contributed by atoms with Gasteiger partial charge in [0.05, 0.1) is 49.9 Å². The Labute approximate surface area is 266 Å². The Morgan fingerprint density at radius 1 is 1.00 bits per heavy atom. The Hall–Kier alpha value is -4.54. The van der Waals surface area contributed by atoms with Gasteiger partial charge in [-0.1, -0.05) is 18.2 Å². The number of rotatable bonds is 8. The third kappa shape index (κ3) is 6.41. The van der Waals surface area contributed by atoms with Gasteiger partial charge >= 0.3 is 18.1 Å². The summed E-state index contributed by atoms with van der Waals surface area (Å²) in [5, 5.41) is 0. The molecule has 2 aliphatic heterocycles. The molecule has 0 saturated heterocycles. The van der Waals surface area contributed by atoms with Crippen molar-refractivity contribution in [3.05, 3.63) is 81.9 Å². The van der Waals surface area contributed by atoms with Crippen molar-refractivity contribution in [2.24, 2.45) is 4.99 Å². The third-order valence-electron chi connectivity index (χ3n) is 7.94. The molecule has 2 heterocycles. The molecular formula is C35H37F3N2O6. The van der Waals surface area contributed by atoms with Crippen LogP contribution in [0.25, 0.3) is 0 Å². The second kappa shape index (κ2) is 12.0. The molecule has 0 aliphatic carbocycles. The Morgan fingerprint density at radius 3 is 2.30 bits per heavy atom. The number of esters is 1. The number of carbonyl (C=O) groups excluding carboxylic acids is 2. The van der Waals surface area contributed by atoms with E-state index in [1.165, 1.54) is 19.2 Å². The fourth-order valence-electron chi connectivity index (χ4n) is 6.06. The number of fused-ring (bicyclic) bond motifs is 3. The first-order chi connectivity index (χ1) is 21.6. The van der Waals surface area contributed by atoms with Gasteiger partial charge in [-0.3, -0.25) is 14.7 Å². The lowest BCUT2D eigenvalue weighted by molar-refractivity contribution is -0.170. The lowest BCUT2D eigenvalue weighted by Crippen LogP contribution is -2.41. The van der Waals surface area contributed by atoms with Gasteiger partial charge in [-0.2, -0.15) is 13.2 Å². The number of anilines is 1. The van der Waals surface area contributed by atoms with Crippen molar-refractivity contribution in [3.8, 4) is 17.2 Å². The second-order valence-electron chi connectivity index (χ2n) is 12.6. The highest BCUT2D eigenvalue weighted by molar-refractivity contribution is 6.17. The summed E-state index contributed by atoms with van der Waals surface area (Å²) in [6.45, 7) is 9.75. The minimum atomic E-state index is -5.23. The van der Waals surface area contributed by atoms with Crippen LogP contribution in [0.3, 0.4) is 0 Å². The fourth-order valence-corrected chi connectivity index (χ4v) is 6.06. The van der Waals surface area contributed by atoms with E-state index in [9.17, 15) is 22.8 Å². The van der Waals surface area contributed by atoms with Gasteiger partial charge in [0.1, 0.15) is 11.4 Å². The Balaban J connectivity index is 1.73. The third-order valence-corrected chi connectivity index (χ3v) is 7.94. The predicted molar refractivity (Wildman–Crippen MR) is 167 cm³/mol. The molecule has 0 atom stereocenters. The molecule has 1 amide bonds. The van der Waals surface area contributed by atoms with E-state index in [2.05, 4.69) is 0 Å². The van der Waals surface area contributed by atoms with Crippen molar-refractivity contribution in [2.45, 2.75) is 71.3 Å². The van der Waals surface area contributed by atoms with Crippen LogP contribution in [0.15, 0.2) is 53.5 Å². The molecule has 0 aromatic heterocycles. The standard InChI is InChI=1S/C35H37F3N2O6/c1-8-45-27-16-22-17-33(2,3)39-29(28(22)25-18-34(4,5)46-30(25)27)21-11-14-24(31(41)44-7)26(15-21)40(32(42)35(36,37)38)19-20-9-12-23(43-6)13-10-20/h9-16H,8,17-19H2,1-7H3. The molecule has 0 N–H and O–H groups in total. The smallest absolute Gasteiger partial charge is 0.471 e. The summed E-state index contributed by atoms with van der Waals surface area (Å²) in [4.78, 5) is 31.6. The molecule has 3 aromatic rings. The van der Waals surface area contributed by atoms with E-state index < -0.39 is 35.7 Å². The van der Waals surface area contributed by atoms with Gasteiger partial charge in [0.25, 0.3) is 0 Å². The number of amides is 1. The quantitative estimate of drug-likeness (QED) is 0.251. The molecule has 0 unspecified atom stereocenters. The molecule has 0 bridgehead atoms. The van der Waals surface area contributed by atoms with Crippen LogP contribution in [-0.4, -0.2) is 55.7 Å². The van der Waals surface area contributed by atoms with E-state index in [1.54, 1.807) is 30.3 Å². The molecule has 244 valence electrons. The Kier molecular flexibility index (Phi) is 8.57. The minimum Gasteiger partial charge on any atom is -0.497 e. The van der Waals surface area contributed by atoms with E-state index in [0.29, 0.717) is 58.4 Å². The maximum Gasteiger partial charge on any atom is 0.471 e. The first-order valence-electron chi connectivity index (χ1n) is 14.9. The highest BCUT2D eigenvalue weighted by Crippen LogP contribution is 2.48. The summed E-state index contributed by atoms with van der Waals surface area (Å²) >= 11 is 0. The molecule has 0 radical (unpaired) electrons. The largest absolute Gasteiger partial charge is 0.497 e. The van der Waals surface area contributed by atoms with Gasteiger partial charge in [-0.25, -0.2) is 4.79 Å². The molecule has 5 rings (SSSR count). The van der Waals surface area contributed by atoms with Crippen LogP contribution >= 0.6 is 0 Å². The number of benzene rings is 3. The normalized spacial score (nSPS) is 16.0. The average Bonchev–Trinajstić information content (AvgIpc) is 3.33. The zero-order chi connectivity index (χ0) is 33.6. The van der Waals surface area contributed by atoms with Gasteiger partial charge in [-0.15, -0.1) is 0 Å². The molecule has 0 fully saturated rings. The summed E-state index contributed by atoms with van der Waals surface area (Å²) in [7, 11) is 2.60. The minimum absolute atomic E-state index is 0.199. The zero-order valence-electron chi connectivity index (χ0n) is 26.9. The van der Waals surface area contributed by atoms with Crippen molar-refractivity contribution in [1.82, 2.24) is 0 Å². The predicted octanol–water partition coefficient (Wildman–Crippen LogP) is 6.86. The highest BCUT2D eigenvalue weighted by atomic mass is 19.4. The van der Waals surface area contributed by atoms with Crippen molar-refractivity contribution < 1.29 is 41.7 Å². The van der Waals surface area contributed by atoms with Gasteiger partial charge in [0, 0.05) is 23.1 Å². The average molecular weight is 639 g/mol. The second-order valence-corrected chi connectivity index (χ2v) is 12.6. The summed E-state index contributed by atoms with van der Waals surface area (Å²) in [6, 6.07) is 12.6. The van der Waals surface area contributed by atoms with Crippen LogP contribution in [0.5, 0.6) is 17.2 Å². The van der Waals surface area contributed by atoms with E-state index in [-0.39, 0.29) is 11.3 Å². The Morgan fingerprint density at radius 2 is 1.70 bits per heavy atom. The van der Waals surface area contributed by atoms with Crippen LogP contribution in [0, 0.1) is 0 Å². The van der Waals surface area contributed by atoms with Crippen LogP contribution in [0.2, 0.25) is 0 Å². The number of aliphatic imine (C=N–C) groups is 1. The summed E-state index contributed by atoms with van der Waals surface area (Å²) in [5.41, 5.74) is 2.43. The maximum atomic E-state index is 14.1. The summed E-state index contributed by atoms with van der Waals surface area (Å²) in [5.74, 6) is -1.28. The molecule has 0 saturated carbocycles. The van der Waals surface area contributed by atoms with Crippen molar-refractivity contribution in [2.75, 3.05) is 25.7 Å². The van der Waals surface area contributed by atoms with Gasteiger partial charge in [0.15, 0.2) is 11.5 Å². The summed E-state index contributed by atoms with van der Waals surface area (Å²) < 4.78 is 64.8. The number of halogens is 3. The van der Waals surface area contributed by atoms with E-state index in [4.69, 9.17) is 23.9 Å². The molecular weight excluding hydrogens is 601 g/mol. The fraction of sp³-hybridized carbons (Fsp3) is 0.400. The Bertz CT molecular complexity index is 1710. The van der Waals surface area contributed by atoms with Crippen LogP contribution in [0.1, 0.15) is 72.8 Å². The van der Waals surface area contributed by atoms with E-state index in [1.807, 2.05) is 40.7 Å². The molecule has 2 aliphatic rings. The van der Waals surface area contributed by atoms with Gasteiger partial charge < -0.3 is 18.9 Å². The SMILES string of the molecule is CCOc1cc2c(c3c1OC(C)(C)C3)C(c1ccc(C(=O)OC)c(N(Cc3ccc(OC)cc3)C(=O)C(F)(F)F)c1)=NC(C)(C)C2. The number of hydrogen-bond acceptors (Lipinski definition) is 7. The number of nitrogens with zero attached hydrogens (tertiary/aromatic N) is 2. The molecule has 3 aromatic carbocycles. The first kappa shape index (κ1) is 32.8. The van der Waals surface area contributed by atoms with Crippen LogP contribution in [0.4, 0.5) is 18.9 Å². The number of methoxy groups -OCH3 is 2. The molecule has 46 heavy (non-hydrogen) atoms. The first-order valence-corrected chi connectivity index (χ1v) is 14.9. The molecule has 11 heteroatoms. The van der Waals surface area contributed by atoms with E-state index in [0.717, 1.165) is 23.8 Å². The number of alkyl halides is 3. The van der Waals surface area contributed by atoms with E-state index >= 15 is 0 Å². The maximum absolute atomic E-state index is 14.1.